The van der Waals surface area contributed by atoms with Crippen LogP contribution in [0.1, 0.15) is 30.7 Å². The first-order chi connectivity index (χ1) is 12.4. The molecule has 27 heavy (non-hydrogen) atoms. The van der Waals surface area contributed by atoms with Crippen LogP contribution in [-0.2, 0) is 26.0 Å². The summed E-state index contributed by atoms with van der Waals surface area (Å²) in [5.41, 5.74) is 0. The van der Waals surface area contributed by atoms with Crippen LogP contribution in [0.3, 0.4) is 0 Å². The summed E-state index contributed by atoms with van der Waals surface area (Å²) in [6.07, 6.45) is 0.970. The van der Waals surface area contributed by atoms with E-state index in [0.717, 1.165) is 13.1 Å². The van der Waals surface area contributed by atoms with E-state index in [1.807, 2.05) is 0 Å². The Morgan fingerprint density at radius 3 is 2.67 bits per heavy atom. The summed E-state index contributed by atoms with van der Waals surface area (Å²) in [5, 5.41) is 8.72. The number of carbonyl (C=O) groups is 1. The minimum absolute atomic E-state index is 0. The molecule has 0 aromatic carbocycles. The van der Waals surface area contributed by atoms with E-state index in [0.29, 0.717) is 49.4 Å². The summed E-state index contributed by atoms with van der Waals surface area (Å²) in [6.45, 7) is 3.62. The SMILES string of the molecule is O=C1N2C[C@@H](CC[C@H]2c2nnc(CN3CCOCC3)o2)N1OS(=O)(=O)[O-].[Na+]. The van der Waals surface area contributed by atoms with Crippen molar-refractivity contribution >= 4 is 16.4 Å². The molecule has 0 N–H and O–H groups in total. The zero-order valence-corrected chi connectivity index (χ0v) is 17.6. The molecule has 3 saturated heterocycles. The predicted molar refractivity (Wildman–Crippen MR) is 80.9 cm³/mol. The maximum atomic E-state index is 12.4. The molecule has 2 bridgehead atoms. The van der Waals surface area contributed by atoms with Crippen molar-refractivity contribution in [2.45, 2.75) is 31.5 Å². The standard InChI is InChI=1S/C13H19N5O7S.Na/c19-13-17-7-9(18(13)25-26(20,21)22)1-2-10(17)12-15-14-11(24-12)8-16-3-5-23-6-4-16;/h9-10H,1-8H2,(H,20,21,22);/q;+1/p-1/t9-,10+;/m1./s1. The molecule has 12 nitrogen and oxygen atoms in total. The van der Waals surface area contributed by atoms with E-state index in [1.165, 1.54) is 4.90 Å². The fourth-order valence-corrected chi connectivity index (χ4v) is 3.88. The third-order valence-electron chi connectivity index (χ3n) is 4.72. The van der Waals surface area contributed by atoms with Crippen LogP contribution >= 0.6 is 0 Å². The van der Waals surface area contributed by atoms with Crippen LogP contribution in [0.25, 0.3) is 0 Å². The number of rotatable bonds is 5. The molecule has 1 aromatic heterocycles. The number of amides is 2. The maximum Gasteiger partial charge on any atom is 1.00 e. The summed E-state index contributed by atoms with van der Waals surface area (Å²) < 4.78 is 47.8. The smallest absolute Gasteiger partial charge is 0.724 e. The molecule has 0 radical (unpaired) electrons. The average Bonchev–Trinajstić information content (AvgIpc) is 3.15. The molecule has 2 atom stereocenters. The van der Waals surface area contributed by atoms with Gasteiger partial charge >= 0.3 is 35.6 Å². The topological polar surface area (TPSA) is 141 Å². The average molecular weight is 411 g/mol. The van der Waals surface area contributed by atoms with Crippen LogP contribution in [0, 0.1) is 0 Å². The maximum absolute atomic E-state index is 12.4. The van der Waals surface area contributed by atoms with Crippen LogP contribution in [0.4, 0.5) is 4.79 Å². The van der Waals surface area contributed by atoms with Crippen molar-refractivity contribution in [3.05, 3.63) is 11.8 Å². The van der Waals surface area contributed by atoms with Gasteiger partial charge in [-0.2, -0.15) is 9.35 Å². The molecule has 3 aliphatic heterocycles. The second-order valence-electron chi connectivity index (χ2n) is 6.41. The first kappa shape index (κ1) is 20.9. The Bertz CT molecular complexity index is 784. The largest absolute Gasteiger partial charge is 1.00 e. The van der Waals surface area contributed by atoms with Crippen molar-refractivity contribution < 1.29 is 60.8 Å². The molecular formula is C13H18N5NaO7S. The monoisotopic (exact) mass is 411 g/mol. The Morgan fingerprint density at radius 1 is 1.22 bits per heavy atom. The molecule has 0 saturated carbocycles. The van der Waals surface area contributed by atoms with Gasteiger partial charge in [0.05, 0.1) is 25.8 Å². The van der Waals surface area contributed by atoms with Crippen molar-refractivity contribution in [1.29, 1.82) is 0 Å². The molecule has 4 heterocycles. The Hall–Kier alpha value is -0.800. The minimum atomic E-state index is -5.01. The van der Waals surface area contributed by atoms with Gasteiger partial charge in [0.15, 0.2) is 0 Å². The number of urea groups is 1. The first-order valence-corrected chi connectivity index (χ1v) is 9.62. The van der Waals surface area contributed by atoms with E-state index in [1.54, 1.807) is 0 Å². The first-order valence-electron chi connectivity index (χ1n) is 8.28. The van der Waals surface area contributed by atoms with Crippen LogP contribution in [-0.4, -0.2) is 83.0 Å². The van der Waals surface area contributed by atoms with Gasteiger partial charge in [0.2, 0.25) is 22.2 Å². The molecule has 3 aliphatic rings. The van der Waals surface area contributed by atoms with Gasteiger partial charge in [-0.1, -0.05) is 0 Å². The summed E-state index contributed by atoms with van der Waals surface area (Å²) in [6, 6.07) is -1.64. The number of hydrogen-bond donors (Lipinski definition) is 0. The molecule has 0 unspecified atom stereocenters. The number of ether oxygens (including phenoxy) is 1. The van der Waals surface area contributed by atoms with Gasteiger partial charge in [-0.15, -0.1) is 10.2 Å². The van der Waals surface area contributed by atoms with E-state index >= 15 is 0 Å². The van der Waals surface area contributed by atoms with Crippen LogP contribution in [0.5, 0.6) is 0 Å². The van der Waals surface area contributed by atoms with Crippen LogP contribution < -0.4 is 29.6 Å². The fourth-order valence-electron chi connectivity index (χ4n) is 3.50. The zero-order chi connectivity index (χ0) is 18.3. The van der Waals surface area contributed by atoms with Crippen molar-refractivity contribution in [3.63, 3.8) is 0 Å². The van der Waals surface area contributed by atoms with E-state index in [9.17, 15) is 17.8 Å². The van der Waals surface area contributed by atoms with Crippen LogP contribution in [0.2, 0.25) is 0 Å². The van der Waals surface area contributed by atoms with Gasteiger partial charge < -0.3 is 18.6 Å². The molecule has 14 heteroatoms. The Morgan fingerprint density at radius 2 is 1.96 bits per heavy atom. The van der Waals surface area contributed by atoms with Gasteiger partial charge in [-0.3, -0.25) is 4.90 Å². The number of hydroxylamine groups is 2. The number of aromatic nitrogens is 2. The quantitative estimate of drug-likeness (QED) is 0.269. The van der Waals surface area contributed by atoms with Crippen molar-refractivity contribution in [1.82, 2.24) is 25.1 Å². The van der Waals surface area contributed by atoms with Crippen molar-refractivity contribution in [2.75, 3.05) is 32.8 Å². The van der Waals surface area contributed by atoms with Crippen molar-refractivity contribution in [2.24, 2.45) is 0 Å². The predicted octanol–water partition coefficient (Wildman–Crippen LogP) is -3.76. The molecule has 0 spiro atoms. The summed E-state index contributed by atoms with van der Waals surface area (Å²) in [7, 11) is -5.01. The van der Waals surface area contributed by atoms with Gasteiger partial charge in [-0.25, -0.2) is 13.2 Å². The number of piperidine rings is 1. The van der Waals surface area contributed by atoms with E-state index < -0.39 is 28.5 Å². The van der Waals surface area contributed by atoms with Crippen molar-refractivity contribution in [3.8, 4) is 0 Å². The molecule has 2 amide bonds. The zero-order valence-electron chi connectivity index (χ0n) is 14.8. The third-order valence-corrected chi connectivity index (χ3v) is 5.07. The van der Waals surface area contributed by atoms with E-state index in [-0.39, 0.29) is 36.1 Å². The normalized spacial score (nSPS) is 26.3. The Kier molecular flexibility index (Phi) is 6.42. The van der Waals surface area contributed by atoms with E-state index in [4.69, 9.17) is 9.15 Å². The van der Waals surface area contributed by atoms with Gasteiger partial charge in [-0.05, 0) is 12.8 Å². The van der Waals surface area contributed by atoms with E-state index in [2.05, 4.69) is 19.4 Å². The van der Waals surface area contributed by atoms with Gasteiger partial charge in [0, 0.05) is 19.6 Å². The number of fused-ring (bicyclic) bond motifs is 2. The molecule has 1 aromatic rings. The minimum Gasteiger partial charge on any atom is -0.724 e. The number of hydrogen-bond acceptors (Lipinski definition) is 10. The second-order valence-corrected chi connectivity index (χ2v) is 7.38. The number of morpholine rings is 1. The molecular weight excluding hydrogens is 393 g/mol. The fraction of sp³-hybridized carbons (Fsp3) is 0.769. The molecule has 4 rings (SSSR count). The Labute approximate surface area is 178 Å². The molecule has 0 aliphatic carbocycles. The number of nitrogens with zero attached hydrogens (tertiary/aromatic N) is 5. The number of carbonyl (C=O) groups excluding carboxylic acids is 1. The molecule has 3 fully saturated rings. The summed E-state index contributed by atoms with van der Waals surface area (Å²) in [5.74, 6) is 0.748. The Balaban J connectivity index is 0.00000210. The summed E-state index contributed by atoms with van der Waals surface area (Å²) in [4.78, 5) is 15.9. The van der Waals surface area contributed by atoms with Gasteiger partial charge in [0.1, 0.15) is 6.04 Å². The second kappa shape index (κ2) is 8.29. The van der Waals surface area contributed by atoms with Crippen LogP contribution in [0.15, 0.2) is 4.42 Å². The third kappa shape index (κ3) is 4.62. The molecule has 144 valence electrons. The van der Waals surface area contributed by atoms with Gasteiger partial charge in [0.25, 0.3) is 0 Å². The summed E-state index contributed by atoms with van der Waals surface area (Å²) >= 11 is 0.